The second-order valence-electron chi connectivity index (χ2n) is 5.10. The van der Waals surface area contributed by atoms with Crippen LogP contribution in [0.15, 0.2) is 48.5 Å². The first-order valence-electron chi connectivity index (χ1n) is 7.90. The molecule has 3 aromatic rings. The number of rotatable bonds is 7. The van der Waals surface area contributed by atoms with Crippen molar-refractivity contribution in [2.75, 3.05) is 11.9 Å². The molecule has 0 aliphatic carbocycles. The topological polar surface area (TPSA) is 73.3 Å². The van der Waals surface area contributed by atoms with E-state index in [9.17, 15) is 4.79 Å². The molecule has 1 amide bonds. The fourth-order valence-electron chi connectivity index (χ4n) is 2.16. The molecule has 6 nitrogen and oxygen atoms in total. The Balaban J connectivity index is 1.63. The third-order valence-corrected chi connectivity index (χ3v) is 4.43. The minimum Gasteiger partial charge on any atom is -0.493 e. The van der Waals surface area contributed by atoms with Gasteiger partial charge < -0.3 is 9.47 Å². The van der Waals surface area contributed by atoms with Gasteiger partial charge in [0.05, 0.1) is 17.2 Å². The summed E-state index contributed by atoms with van der Waals surface area (Å²) in [7, 11) is 0. The summed E-state index contributed by atoms with van der Waals surface area (Å²) in [5.74, 6) is 0.795. The number of hydrogen-bond acceptors (Lipinski definition) is 6. The van der Waals surface area contributed by atoms with Crippen LogP contribution >= 0.6 is 22.9 Å². The van der Waals surface area contributed by atoms with Gasteiger partial charge in [0.2, 0.25) is 5.13 Å². The molecule has 0 atom stereocenters. The normalized spacial score (nSPS) is 10.4. The second-order valence-corrected chi connectivity index (χ2v) is 6.57. The van der Waals surface area contributed by atoms with E-state index in [1.807, 2.05) is 25.1 Å². The maximum atomic E-state index is 12.4. The number of nitrogens with one attached hydrogen (secondary N) is 1. The van der Waals surface area contributed by atoms with Crippen molar-refractivity contribution >= 4 is 34.0 Å². The zero-order chi connectivity index (χ0) is 18.4. The Morgan fingerprint density at radius 3 is 2.58 bits per heavy atom. The number of benzene rings is 2. The first kappa shape index (κ1) is 18.2. The van der Waals surface area contributed by atoms with Gasteiger partial charge in [0.25, 0.3) is 5.91 Å². The molecule has 0 fully saturated rings. The lowest BCUT2D eigenvalue weighted by Gasteiger charge is -2.08. The first-order chi connectivity index (χ1) is 12.7. The minimum absolute atomic E-state index is 0.215. The SMILES string of the molecule is CCOc1ccccc1C(=O)Nc1nnc(COc2ccccc2Cl)s1. The molecule has 0 saturated heterocycles. The molecule has 134 valence electrons. The lowest BCUT2D eigenvalue weighted by atomic mass is 10.2. The number of halogens is 1. The van der Waals surface area contributed by atoms with Crippen LogP contribution in [-0.4, -0.2) is 22.7 Å². The largest absolute Gasteiger partial charge is 0.493 e. The molecule has 0 saturated carbocycles. The molecule has 3 rings (SSSR count). The van der Waals surface area contributed by atoms with Crippen molar-refractivity contribution in [1.82, 2.24) is 10.2 Å². The zero-order valence-corrected chi connectivity index (χ0v) is 15.5. The quantitative estimate of drug-likeness (QED) is 0.647. The summed E-state index contributed by atoms with van der Waals surface area (Å²) >= 11 is 7.28. The average Bonchev–Trinajstić information content (AvgIpc) is 3.09. The first-order valence-corrected chi connectivity index (χ1v) is 9.09. The van der Waals surface area contributed by atoms with Gasteiger partial charge in [-0.25, -0.2) is 0 Å². The highest BCUT2D eigenvalue weighted by molar-refractivity contribution is 7.15. The molecular weight excluding hydrogens is 374 g/mol. The van der Waals surface area contributed by atoms with Crippen molar-refractivity contribution in [3.63, 3.8) is 0 Å². The highest BCUT2D eigenvalue weighted by atomic mass is 35.5. The molecule has 2 aromatic carbocycles. The van der Waals surface area contributed by atoms with Gasteiger partial charge >= 0.3 is 0 Å². The van der Waals surface area contributed by atoms with Crippen molar-refractivity contribution in [3.05, 3.63) is 64.1 Å². The number of amides is 1. The summed E-state index contributed by atoms with van der Waals surface area (Å²) in [4.78, 5) is 12.4. The van der Waals surface area contributed by atoms with E-state index < -0.39 is 0 Å². The maximum absolute atomic E-state index is 12.4. The molecule has 0 aliphatic rings. The summed E-state index contributed by atoms with van der Waals surface area (Å²) in [6.45, 7) is 2.56. The van der Waals surface area contributed by atoms with Crippen LogP contribution in [0.2, 0.25) is 5.02 Å². The molecule has 0 radical (unpaired) electrons. The van der Waals surface area contributed by atoms with Gasteiger partial charge in [0.1, 0.15) is 18.1 Å². The van der Waals surface area contributed by atoms with Crippen LogP contribution in [0, 0.1) is 0 Å². The third-order valence-electron chi connectivity index (χ3n) is 3.31. The van der Waals surface area contributed by atoms with Crippen LogP contribution in [0.3, 0.4) is 0 Å². The highest BCUT2D eigenvalue weighted by Crippen LogP contribution is 2.26. The summed E-state index contributed by atoms with van der Waals surface area (Å²) in [6, 6.07) is 14.2. The van der Waals surface area contributed by atoms with Crippen LogP contribution < -0.4 is 14.8 Å². The Morgan fingerprint density at radius 2 is 1.81 bits per heavy atom. The summed E-state index contributed by atoms with van der Waals surface area (Å²) in [6.07, 6.45) is 0. The predicted octanol–water partition coefficient (Wildman–Crippen LogP) is 4.42. The lowest BCUT2D eigenvalue weighted by molar-refractivity contribution is 0.102. The number of hydrogen-bond donors (Lipinski definition) is 1. The fraction of sp³-hybridized carbons (Fsp3) is 0.167. The van der Waals surface area contributed by atoms with E-state index in [-0.39, 0.29) is 12.5 Å². The predicted molar refractivity (Wildman–Crippen MR) is 101 cm³/mol. The minimum atomic E-state index is -0.302. The van der Waals surface area contributed by atoms with Crippen LogP contribution in [0.5, 0.6) is 11.5 Å². The summed E-state index contributed by atoms with van der Waals surface area (Å²) in [5, 5.41) is 12.3. The van der Waals surface area contributed by atoms with E-state index in [4.69, 9.17) is 21.1 Å². The molecule has 0 bridgehead atoms. The number of anilines is 1. The van der Waals surface area contributed by atoms with Gasteiger partial charge in [-0.05, 0) is 31.2 Å². The van der Waals surface area contributed by atoms with Gasteiger partial charge in [-0.1, -0.05) is 47.2 Å². The molecule has 26 heavy (non-hydrogen) atoms. The van der Waals surface area contributed by atoms with Gasteiger partial charge in [-0.3, -0.25) is 10.1 Å². The third kappa shape index (κ3) is 4.50. The number of ether oxygens (including phenoxy) is 2. The Labute approximate surface area is 159 Å². The molecule has 8 heteroatoms. The molecule has 1 aromatic heterocycles. The van der Waals surface area contributed by atoms with Crippen LogP contribution in [0.4, 0.5) is 5.13 Å². The average molecular weight is 390 g/mol. The van der Waals surface area contributed by atoms with E-state index in [1.54, 1.807) is 30.3 Å². The molecule has 0 aliphatic heterocycles. The maximum Gasteiger partial charge on any atom is 0.261 e. The van der Waals surface area contributed by atoms with Crippen LogP contribution in [0.1, 0.15) is 22.3 Å². The van der Waals surface area contributed by atoms with Gasteiger partial charge in [0, 0.05) is 0 Å². The molecule has 0 spiro atoms. The molecule has 1 heterocycles. The number of aromatic nitrogens is 2. The van der Waals surface area contributed by atoms with Gasteiger partial charge in [0.15, 0.2) is 5.01 Å². The number of carbonyl (C=O) groups excluding carboxylic acids is 1. The standard InChI is InChI=1S/C18H16ClN3O3S/c1-2-24-14-9-5-3-7-12(14)17(23)20-18-22-21-16(26-18)11-25-15-10-6-4-8-13(15)19/h3-10H,2,11H2,1H3,(H,20,22,23). The second kappa shape index (κ2) is 8.64. The number of carbonyl (C=O) groups is 1. The summed E-state index contributed by atoms with van der Waals surface area (Å²) in [5.41, 5.74) is 0.443. The van der Waals surface area contributed by atoms with Crippen molar-refractivity contribution in [3.8, 4) is 11.5 Å². The monoisotopic (exact) mass is 389 g/mol. The van der Waals surface area contributed by atoms with Crippen LogP contribution in [0.25, 0.3) is 0 Å². The lowest BCUT2D eigenvalue weighted by Crippen LogP contribution is -2.13. The van der Waals surface area contributed by atoms with Crippen molar-refractivity contribution < 1.29 is 14.3 Å². The molecule has 1 N–H and O–H groups in total. The van der Waals surface area contributed by atoms with E-state index in [1.165, 1.54) is 11.3 Å². The summed E-state index contributed by atoms with van der Waals surface area (Å²) < 4.78 is 11.1. The Hall–Kier alpha value is -2.64. The van der Waals surface area contributed by atoms with Gasteiger partial charge in [-0.15, -0.1) is 10.2 Å². The van der Waals surface area contributed by atoms with E-state index in [0.717, 1.165) is 0 Å². The van der Waals surface area contributed by atoms with E-state index in [2.05, 4.69) is 15.5 Å². The van der Waals surface area contributed by atoms with E-state index >= 15 is 0 Å². The van der Waals surface area contributed by atoms with E-state index in [0.29, 0.717) is 38.8 Å². The zero-order valence-electron chi connectivity index (χ0n) is 13.9. The molecule has 0 unspecified atom stereocenters. The van der Waals surface area contributed by atoms with Crippen molar-refractivity contribution in [1.29, 1.82) is 0 Å². The van der Waals surface area contributed by atoms with Crippen molar-refractivity contribution in [2.24, 2.45) is 0 Å². The molecular formula is C18H16ClN3O3S. The van der Waals surface area contributed by atoms with Gasteiger partial charge in [-0.2, -0.15) is 0 Å². The Morgan fingerprint density at radius 1 is 1.08 bits per heavy atom. The van der Waals surface area contributed by atoms with Crippen molar-refractivity contribution in [2.45, 2.75) is 13.5 Å². The smallest absolute Gasteiger partial charge is 0.261 e. The number of nitrogens with zero attached hydrogens (tertiary/aromatic N) is 2. The Kier molecular flexibility index (Phi) is 6.04. The number of para-hydroxylation sites is 2. The van der Waals surface area contributed by atoms with Crippen LogP contribution in [-0.2, 0) is 6.61 Å². The Bertz CT molecular complexity index is 901. The highest BCUT2D eigenvalue weighted by Gasteiger charge is 2.15. The fourth-order valence-corrected chi connectivity index (χ4v) is 3.00.